The lowest BCUT2D eigenvalue weighted by Crippen LogP contribution is -2.61. The molecule has 0 radical (unpaired) electrons. The molecule has 0 spiro atoms. The second-order valence-corrected chi connectivity index (χ2v) is 4.23. The number of fused-ring (bicyclic) bond motifs is 1. The summed E-state index contributed by atoms with van der Waals surface area (Å²) in [5.41, 5.74) is -2.58. The predicted octanol–water partition coefficient (Wildman–Crippen LogP) is 0.0944. The van der Waals surface area contributed by atoms with Crippen LogP contribution < -0.4 is 5.32 Å². The molecular weight excluding hydrogens is 210 g/mol. The SMILES string of the molecule is CCOC(=O)[C@]12C=CC(=O)N[C@@]1(O)CCC2. The van der Waals surface area contributed by atoms with Gasteiger partial charge in [0.2, 0.25) is 5.91 Å². The first-order valence-electron chi connectivity index (χ1n) is 5.45. The van der Waals surface area contributed by atoms with Crippen LogP contribution in [-0.2, 0) is 14.3 Å². The molecule has 0 aromatic heterocycles. The number of ether oxygens (including phenoxy) is 1. The summed E-state index contributed by atoms with van der Waals surface area (Å²) in [6.45, 7) is 1.98. The van der Waals surface area contributed by atoms with Crippen LogP contribution in [0.3, 0.4) is 0 Å². The van der Waals surface area contributed by atoms with Crippen LogP contribution in [0.25, 0.3) is 0 Å². The van der Waals surface area contributed by atoms with Crippen LogP contribution in [0.5, 0.6) is 0 Å². The van der Waals surface area contributed by atoms with E-state index >= 15 is 0 Å². The van der Waals surface area contributed by atoms with E-state index in [-0.39, 0.29) is 12.5 Å². The average molecular weight is 225 g/mol. The van der Waals surface area contributed by atoms with Crippen LogP contribution in [0.15, 0.2) is 12.2 Å². The highest BCUT2D eigenvalue weighted by molar-refractivity contribution is 5.94. The Morgan fingerprint density at radius 3 is 3.06 bits per heavy atom. The summed E-state index contributed by atoms with van der Waals surface area (Å²) in [5.74, 6) is -0.837. The quantitative estimate of drug-likeness (QED) is 0.653. The Balaban J connectivity index is 2.39. The first kappa shape index (κ1) is 11.1. The van der Waals surface area contributed by atoms with Crippen molar-refractivity contribution in [2.24, 2.45) is 5.41 Å². The Bertz CT molecular complexity index is 365. The Hall–Kier alpha value is -1.36. The van der Waals surface area contributed by atoms with Gasteiger partial charge in [-0.25, -0.2) is 0 Å². The van der Waals surface area contributed by atoms with Gasteiger partial charge in [-0.3, -0.25) is 9.59 Å². The zero-order valence-corrected chi connectivity index (χ0v) is 9.16. The molecule has 16 heavy (non-hydrogen) atoms. The van der Waals surface area contributed by atoms with E-state index in [2.05, 4.69) is 5.32 Å². The first-order valence-corrected chi connectivity index (χ1v) is 5.45. The van der Waals surface area contributed by atoms with Crippen molar-refractivity contribution < 1.29 is 19.4 Å². The van der Waals surface area contributed by atoms with E-state index in [0.29, 0.717) is 19.3 Å². The van der Waals surface area contributed by atoms with Gasteiger partial charge >= 0.3 is 5.97 Å². The molecule has 1 fully saturated rings. The second kappa shape index (κ2) is 3.59. The summed E-state index contributed by atoms with van der Waals surface area (Å²) >= 11 is 0. The zero-order valence-electron chi connectivity index (χ0n) is 9.16. The van der Waals surface area contributed by atoms with Crippen LogP contribution in [0.2, 0.25) is 0 Å². The predicted molar refractivity (Wildman–Crippen MR) is 55.1 cm³/mol. The number of carbonyl (C=O) groups is 2. The summed E-state index contributed by atoms with van der Waals surface area (Å²) in [6.07, 6.45) is 4.33. The third kappa shape index (κ3) is 1.35. The normalized spacial score (nSPS) is 36.8. The second-order valence-electron chi connectivity index (χ2n) is 4.23. The number of carbonyl (C=O) groups excluding carboxylic acids is 2. The van der Waals surface area contributed by atoms with Gasteiger partial charge < -0.3 is 15.2 Å². The minimum atomic E-state index is -1.48. The minimum absolute atomic E-state index is 0.262. The van der Waals surface area contributed by atoms with E-state index in [1.165, 1.54) is 12.2 Å². The summed E-state index contributed by atoms with van der Waals surface area (Å²) in [6, 6.07) is 0. The fraction of sp³-hybridized carbons (Fsp3) is 0.636. The summed E-state index contributed by atoms with van der Waals surface area (Å²) in [7, 11) is 0. The van der Waals surface area contributed by atoms with Crippen molar-refractivity contribution >= 4 is 11.9 Å². The molecule has 0 aromatic rings. The number of nitrogens with one attached hydrogen (secondary N) is 1. The molecule has 2 N–H and O–H groups in total. The summed E-state index contributed by atoms with van der Waals surface area (Å²) < 4.78 is 4.98. The van der Waals surface area contributed by atoms with E-state index in [1.807, 2.05) is 0 Å². The van der Waals surface area contributed by atoms with Crippen molar-refractivity contribution in [3.8, 4) is 0 Å². The molecule has 1 heterocycles. The van der Waals surface area contributed by atoms with Crippen LogP contribution >= 0.6 is 0 Å². The number of esters is 1. The maximum absolute atomic E-state index is 11.9. The molecule has 1 saturated carbocycles. The molecule has 88 valence electrons. The molecule has 1 amide bonds. The van der Waals surface area contributed by atoms with Gasteiger partial charge in [0.1, 0.15) is 5.41 Å². The first-order chi connectivity index (χ1) is 7.54. The van der Waals surface area contributed by atoms with Crippen LogP contribution in [0, 0.1) is 5.41 Å². The molecule has 0 bridgehead atoms. The van der Waals surface area contributed by atoms with Crippen LogP contribution in [0.1, 0.15) is 26.2 Å². The molecule has 5 nitrogen and oxygen atoms in total. The van der Waals surface area contributed by atoms with E-state index in [1.54, 1.807) is 6.92 Å². The Morgan fingerprint density at radius 1 is 1.62 bits per heavy atom. The van der Waals surface area contributed by atoms with Gasteiger partial charge in [0.15, 0.2) is 5.72 Å². The lowest BCUT2D eigenvalue weighted by Gasteiger charge is -2.40. The van der Waals surface area contributed by atoms with Gasteiger partial charge in [-0.15, -0.1) is 0 Å². The maximum Gasteiger partial charge on any atom is 0.320 e. The summed E-state index contributed by atoms with van der Waals surface area (Å²) in [4.78, 5) is 23.2. The van der Waals surface area contributed by atoms with E-state index in [0.717, 1.165) is 0 Å². The number of aliphatic hydroxyl groups is 1. The standard InChI is InChI=1S/C11H15NO4/c1-2-16-9(14)10-5-3-6-11(10,15)12-8(13)4-7-10/h4,7,15H,2-3,5-6H2,1H3,(H,12,13)/t10-,11+/m0/s1. The minimum Gasteiger partial charge on any atom is -0.465 e. The number of hydrogen-bond acceptors (Lipinski definition) is 4. The molecule has 5 heteroatoms. The summed E-state index contributed by atoms with van der Waals surface area (Å²) in [5, 5.41) is 12.8. The lowest BCUT2D eigenvalue weighted by molar-refractivity contribution is -0.170. The topological polar surface area (TPSA) is 75.6 Å². The average Bonchev–Trinajstić information content (AvgIpc) is 2.55. The van der Waals surface area contributed by atoms with Gasteiger partial charge in [0.25, 0.3) is 0 Å². The highest BCUT2D eigenvalue weighted by Crippen LogP contribution is 2.48. The highest BCUT2D eigenvalue weighted by atomic mass is 16.5. The highest BCUT2D eigenvalue weighted by Gasteiger charge is 2.60. The van der Waals surface area contributed by atoms with Gasteiger partial charge in [0, 0.05) is 6.08 Å². The molecule has 0 saturated heterocycles. The van der Waals surface area contributed by atoms with Crippen molar-refractivity contribution in [1.29, 1.82) is 0 Å². The van der Waals surface area contributed by atoms with Gasteiger partial charge in [-0.05, 0) is 26.2 Å². The van der Waals surface area contributed by atoms with Crippen molar-refractivity contribution in [2.75, 3.05) is 6.61 Å². The third-order valence-corrected chi connectivity index (χ3v) is 3.34. The van der Waals surface area contributed by atoms with Crippen molar-refractivity contribution in [2.45, 2.75) is 31.9 Å². The fourth-order valence-electron chi connectivity index (χ4n) is 2.51. The smallest absolute Gasteiger partial charge is 0.320 e. The zero-order chi connectivity index (χ0) is 11.8. The van der Waals surface area contributed by atoms with Crippen LogP contribution in [0.4, 0.5) is 0 Å². The third-order valence-electron chi connectivity index (χ3n) is 3.34. The van der Waals surface area contributed by atoms with Gasteiger partial charge in [0.05, 0.1) is 6.61 Å². The van der Waals surface area contributed by atoms with Gasteiger partial charge in [-0.1, -0.05) is 6.08 Å². The Labute approximate surface area is 93.5 Å². The molecule has 2 aliphatic rings. The Morgan fingerprint density at radius 2 is 2.38 bits per heavy atom. The lowest BCUT2D eigenvalue weighted by atomic mass is 9.77. The Kier molecular flexibility index (Phi) is 2.50. The molecule has 0 aromatic carbocycles. The molecular formula is C11H15NO4. The monoisotopic (exact) mass is 225 g/mol. The van der Waals surface area contributed by atoms with E-state index in [4.69, 9.17) is 4.74 Å². The van der Waals surface area contributed by atoms with E-state index < -0.39 is 17.1 Å². The fourth-order valence-corrected chi connectivity index (χ4v) is 2.51. The molecule has 2 rings (SSSR count). The van der Waals surface area contributed by atoms with Crippen LogP contribution in [-0.4, -0.2) is 29.3 Å². The van der Waals surface area contributed by atoms with E-state index in [9.17, 15) is 14.7 Å². The van der Waals surface area contributed by atoms with Crippen molar-refractivity contribution in [3.05, 3.63) is 12.2 Å². The van der Waals surface area contributed by atoms with Crippen molar-refractivity contribution in [3.63, 3.8) is 0 Å². The molecule has 0 unspecified atom stereocenters. The molecule has 1 aliphatic heterocycles. The largest absolute Gasteiger partial charge is 0.465 e. The number of hydrogen-bond donors (Lipinski definition) is 2. The number of amides is 1. The molecule has 2 atom stereocenters. The molecule has 1 aliphatic carbocycles. The number of rotatable bonds is 2. The van der Waals surface area contributed by atoms with Gasteiger partial charge in [-0.2, -0.15) is 0 Å². The maximum atomic E-state index is 11.9. The van der Waals surface area contributed by atoms with Crippen molar-refractivity contribution in [1.82, 2.24) is 5.32 Å².